The molecule has 2 N–H and O–H groups in total. The number of H-pyrrole nitrogens is 1. The van der Waals surface area contributed by atoms with Crippen LogP contribution in [0.5, 0.6) is 0 Å². The molecular formula is C28H24IN7S. The van der Waals surface area contributed by atoms with E-state index in [1.807, 2.05) is 23.7 Å². The first-order chi connectivity index (χ1) is 18.1. The lowest BCUT2D eigenvalue weighted by atomic mass is 10.1. The SMILES string of the molecule is Cc1nn2ccc(CNCc3ccccc3)cc2c1-c1nc(Cc2ccc(I)cc2)c(-c2nnc[nH]2)s1. The van der Waals surface area contributed by atoms with Crippen LogP contribution in [0.25, 0.3) is 26.8 Å². The van der Waals surface area contributed by atoms with Crippen LogP contribution in [-0.2, 0) is 19.5 Å². The average Bonchev–Trinajstić information content (AvgIpc) is 3.64. The summed E-state index contributed by atoms with van der Waals surface area (Å²) in [6.07, 6.45) is 4.36. The third-order valence-corrected chi connectivity index (χ3v) is 8.04. The fraction of sp³-hybridized carbons (Fsp3) is 0.143. The summed E-state index contributed by atoms with van der Waals surface area (Å²) in [6, 6.07) is 23.3. The molecule has 0 aliphatic heterocycles. The van der Waals surface area contributed by atoms with E-state index >= 15 is 0 Å². The van der Waals surface area contributed by atoms with Gasteiger partial charge in [0.05, 0.1) is 27.3 Å². The van der Waals surface area contributed by atoms with Crippen molar-refractivity contribution in [2.24, 2.45) is 0 Å². The number of aryl methyl sites for hydroxylation is 1. The van der Waals surface area contributed by atoms with Gasteiger partial charge in [-0.2, -0.15) is 5.10 Å². The minimum Gasteiger partial charge on any atom is -0.327 e. The highest BCUT2D eigenvalue weighted by Crippen LogP contribution is 2.38. The molecule has 4 heterocycles. The van der Waals surface area contributed by atoms with Crippen molar-refractivity contribution < 1.29 is 0 Å². The highest BCUT2D eigenvalue weighted by Gasteiger charge is 2.21. The zero-order valence-corrected chi connectivity index (χ0v) is 23.1. The molecule has 0 bridgehead atoms. The highest BCUT2D eigenvalue weighted by atomic mass is 127. The van der Waals surface area contributed by atoms with E-state index < -0.39 is 0 Å². The van der Waals surface area contributed by atoms with Gasteiger partial charge >= 0.3 is 0 Å². The summed E-state index contributed by atoms with van der Waals surface area (Å²) in [4.78, 5) is 9.30. The fourth-order valence-electron chi connectivity index (χ4n) is 4.40. The molecule has 0 unspecified atom stereocenters. The van der Waals surface area contributed by atoms with Gasteiger partial charge in [-0.15, -0.1) is 21.5 Å². The van der Waals surface area contributed by atoms with E-state index in [1.165, 1.54) is 20.3 Å². The summed E-state index contributed by atoms with van der Waals surface area (Å²) in [6.45, 7) is 3.64. The first-order valence-electron chi connectivity index (χ1n) is 12.0. The first kappa shape index (κ1) is 24.0. The minimum absolute atomic E-state index is 0.719. The normalized spacial score (nSPS) is 11.4. The largest absolute Gasteiger partial charge is 0.327 e. The summed E-state index contributed by atoms with van der Waals surface area (Å²) in [5.41, 5.74) is 7.73. The van der Waals surface area contributed by atoms with Gasteiger partial charge in [0.25, 0.3) is 0 Å². The van der Waals surface area contributed by atoms with E-state index in [9.17, 15) is 0 Å². The summed E-state index contributed by atoms with van der Waals surface area (Å²) in [5, 5.41) is 17.6. The number of thiazole rings is 1. The van der Waals surface area contributed by atoms with Crippen LogP contribution in [0, 0.1) is 10.5 Å². The average molecular weight is 618 g/mol. The van der Waals surface area contributed by atoms with Crippen LogP contribution < -0.4 is 5.32 Å². The van der Waals surface area contributed by atoms with E-state index in [0.29, 0.717) is 0 Å². The molecule has 4 aromatic heterocycles. The molecule has 0 saturated heterocycles. The molecule has 0 amide bonds. The molecule has 0 saturated carbocycles. The Bertz CT molecular complexity index is 1640. The number of hydrogen-bond acceptors (Lipinski definition) is 6. The van der Waals surface area contributed by atoms with Crippen LogP contribution in [0.1, 0.15) is 28.1 Å². The number of nitrogens with zero attached hydrogens (tertiary/aromatic N) is 5. The maximum absolute atomic E-state index is 5.13. The Balaban J connectivity index is 1.34. The first-order valence-corrected chi connectivity index (χ1v) is 13.9. The number of fused-ring (bicyclic) bond motifs is 1. The van der Waals surface area contributed by atoms with Crippen molar-refractivity contribution in [3.63, 3.8) is 0 Å². The third-order valence-electron chi connectivity index (χ3n) is 6.20. The second-order valence-electron chi connectivity index (χ2n) is 8.85. The summed E-state index contributed by atoms with van der Waals surface area (Å²) in [7, 11) is 0. The van der Waals surface area contributed by atoms with Crippen molar-refractivity contribution in [2.45, 2.75) is 26.4 Å². The van der Waals surface area contributed by atoms with Gasteiger partial charge < -0.3 is 10.3 Å². The van der Waals surface area contributed by atoms with E-state index in [0.717, 1.165) is 57.7 Å². The van der Waals surface area contributed by atoms with Crippen molar-refractivity contribution in [1.82, 2.24) is 35.1 Å². The molecule has 6 rings (SSSR count). The van der Waals surface area contributed by atoms with Crippen molar-refractivity contribution >= 4 is 39.4 Å². The molecule has 0 radical (unpaired) electrons. The van der Waals surface area contributed by atoms with Crippen molar-refractivity contribution in [3.05, 3.63) is 111 Å². The van der Waals surface area contributed by atoms with Gasteiger partial charge in [0.2, 0.25) is 0 Å². The Labute approximate surface area is 232 Å². The lowest BCUT2D eigenvalue weighted by Gasteiger charge is -2.06. The summed E-state index contributed by atoms with van der Waals surface area (Å²) in [5.74, 6) is 0.740. The molecule has 2 aromatic carbocycles. The minimum atomic E-state index is 0.719. The number of hydrogen-bond donors (Lipinski definition) is 2. The Morgan fingerprint density at radius 1 is 0.973 bits per heavy atom. The lowest BCUT2D eigenvalue weighted by molar-refractivity contribution is 0.692. The molecule has 6 aromatic rings. The molecule has 0 spiro atoms. The van der Waals surface area contributed by atoms with E-state index in [2.05, 4.69) is 104 Å². The van der Waals surface area contributed by atoms with Crippen molar-refractivity contribution in [2.75, 3.05) is 0 Å². The predicted octanol–water partition coefficient (Wildman–Crippen LogP) is 6.04. The van der Waals surface area contributed by atoms with Crippen LogP contribution in [0.2, 0.25) is 0 Å². The fourth-order valence-corrected chi connectivity index (χ4v) is 5.90. The van der Waals surface area contributed by atoms with Crippen LogP contribution >= 0.6 is 33.9 Å². The van der Waals surface area contributed by atoms with Gasteiger partial charge in [0.1, 0.15) is 11.3 Å². The maximum atomic E-state index is 5.13. The zero-order valence-electron chi connectivity index (χ0n) is 20.1. The van der Waals surface area contributed by atoms with Crippen molar-refractivity contribution in [1.29, 1.82) is 0 Å². The van der Waals surface area contributed by atoms with Crippen LogP contribution in [-0.4, -0.2) is 29.8 Å². The molecule has 0 aliphatic rings. The van der Waals surface area contributed by atoms with Crippen LogP contribution in [0.3, 0.4) is 0 Å². The molecule has 7 nitrogen and oxygen atoms in total. The number of aromatic nitrogens is 6. The van der Waals surface area contributed by atoms with Gasteiger partial charge in [-0.1, -0.05) is 42.5 Å². The second-order valence-corrected chi connectivity index (χ2v) is 11.1. The third kappa shape index (κ3) is 5.20. The van der Waals surface area contributed by atoms with E-state index in [4.69, 9.17) is 10.1 Å². The standard InChI is InChI=1S/C28H24IN7S/c1-18-25(24-14-21(11-12-36(24)35-18)16-30-15-20-5-3-2-4-6-20)28-33-23(13-19-7-9-22(29)10-8-19)26(37-28)27-31-17-32-34-27/h2-12,14,17,30H,13,15-16H2,1H3,(H,31,32,34). The monoisotopic (exact) mass is 617 g/mol. The van der Waals surface area contributed by atoms with Gasteiger partial charge in [0, 0.05) is 29.3 Å². The Morgan fingerprint density at radius 2 is 1.78 bits per heavy atom. The molecule has 0 fully saturated rings. The maximum Gasteiger partial charge on any atom is 0.173 e. The number of nitrogens with one attached hydrogen (secondary N) is 2. The Kier molecular flexibility index (Phi) is 6.81. The molecule has 9 heteroatoms. The van der Waals surface area contributed by atoms with Gasteiger partial charge in [-0.25, -0.2) is 9.50 Å². The lowest BCUT2D eigenvalue weighted by Crippen LogP contribution is -2.12. The number of benzene rings is 2. The topological polar surface area (TPSA) is 83.8 Å². The van der Waals surface area contributed by atoms with Gasteiger partial charge in [0.15, 0.2) is 5.82 Å². The summed E-state index contributed by atoms with van der Waals surface area (Å²) < 4.78 is 3.16. The highest BCUT2D eigenvalue weighted by molar-refractivity contribution is 14.1. The van der Waals surface area contributed by atoms with Crippen LogP contribution in [0.4, 0.5) is 0 Å². The quantitative estimate of drug-likeness (QED) is 0.204. The second kappa shape index (κ2) is 10.5. The van der Waals surface area contributed by atoms with Gasteiger partial charge in [-0.3, -0.25) is 0 Å². The zero-order chi connectivity index (χ0) is 25.2. The van der Waals surface area contributed by atoms with Gasteiger partial charge in [-0.05, 0) is 70.5 Å². The van der Waals surface area contributed by atoms with Crippen molar-refractivity contribution in [3.8, 4) is 21.3 Å². The summed E-state index contributed by atoms with van der Waals surface area (Å²) >= 11 is 3.96. The van der Waals surface area contributed by atoms with E-state index in [1.54, 1.807) is 17.7 Å². The molecule has 184 valence electrons. The molecule has 0 aliphatic carbocycles. The molecule has 0 atom stereocenters. The molecule has 37 heavy (non-hydrogen) atoms. The predicted molar refractivity (Wildman–Crippen MR) is 155 cm³/mol. The van der Waals surface area contributed by atoms with E-state index in [-0.39, 0.29) is 0 Å². The number of rotatable bonds is 8. The Hall–Kier alpha value is -3.41. The smallest absolute Gasteiger partial charge is 0.173 e. The number of halogens is 1. The number of aromatic amines is 1. The Morgan fingerprint density at radius 3 is 2.57 bits per heavy atom. The molecular weight excluding hydrogens is 593 g/mol. The number of pyridine rings is 1. The van der Waals surface area contributed by atoms with Crippen LogP contribution in [0.15, 0.2) is 79.3 Å².